The molecule has 116 valence electrons. The van der Waals surface area contributed by atoms with Crippen LogP contribution < -0.4 is 20.5 Å². The molecule has 5 heteroatoms. The molecule has 1 aromatic carbocycles. The van der Waals surface area contributed by atoms with Crippen LogP contribution in [0.25, 0.3) is 0 Å². The van der Waals surface area contributed by atoms with Crippen LogP contribution in [-0.2, 0) is 4.79 Å². The Morgan fingerprint density at radius 3 is 2.67 bits per heavy atom. The smallest absolute Gasteiger partial charge is 0.241 e. The molecule has 0 spiro atoms. The van der Waals surface area contributed by atoms with E-state index < -0.39 is 5.54 Å². The van der Waals surface area contributed by atoms with Crippen molar-refractivity contribution in [3.8, 4) is 11.5 Å². The van der Waals surface area contributed by atoms with E-state index in [2.05, 4.69) is 5.32 Å². The van der Waals surface area contributed by atoms with Crippen LogP contribution in [0.5, 0.6) is 11.5 Å². The number of rotatable bonds is 8. The summed E-state index contributed by atoms with van der Waals surface area (Å²) in [6.07, 6.45) is 2.01. The number of primary amides is 1. The first-order valence-corrected chi connectivity index (χ1v) is 7.36. The lowest BCUT2D eigenvalue weighted by atomic mass is 9.93. The second-order valence-corrected chi connectivity index (χ2v) is 5.58. The molecule has 1 aromatic rings. The minimum absolute atomic E-state index is 0.222. The van der Waals surface area contributed by atoms with E-state index in [-0.39, 0.29) is 18.4 Å². The van der Waals surface area contributed by atoms with Gasteiger partial charge in [0.05, 0.1) is 7.11 Å². The number of nitrogens with one attached hydrogen (secondary N) is 1. The van der Waals surface area contributed by atoms with Gasteiger partial charge in [-0.2, -0.15) is 0 Å². The van der Waals surface area contributed by atoms with Crippen molar-refractivity contribution in [3.05, 3.63) is 23.8 Å². The lowest BCUT2D eigenvalue weighted by Crippen LogP contribution is -2.61. The normalized spacial score (nSPS) is 17.1. The summed E-state index contributed by atoms with van der Waals surface area (Å²) >= 11 is 0. The van der Waals surface area contributed by atoms with Gasteiger partial charge in [0.2, 0.25) is 5.91 Å². The molecule has 0 bridgehead atoms. The third kappa shape index (κ3) is 3.29. The second kappa shape index (κ2) is 6.35. The standard InChI is InChI=1S/C16H24N2O3/c1-4-18-16(15(17)19,12-6-7-12)10-21-13-8-5-11(2)9-14(13)20-3/h5,8-9,12,18H,4,6-7,10H2,1-3H3,(H2,17,19). The maximum Gasteiger partial charge on any atom is 0.241 e. The highest BCUT2D eigenvalue weighted by Crippen LogP contribution is 2.40. The van der Waals surface area contributed by atoms with E-state index in [9.17, 15) is 4.79 Å². The Morgan fingerprint density at radius 1 is 1.43 bits per heavy atom. The molecule has 1 atom stereocenters. The van der Waals surface area contributed by atoms with Crippen LogP contribution in [0.15, 0.2) is 18.2 Å². The lowest BCUT2D eigenvalue weighted by molar-refractivity contribution is -0.126. The molecule has 0 radical (unpaired) electrons. The first kappa shape index (κ1) is 15.6. The van der Waals surface area contributed by atoms with E-state index in [0.717, 1.165) is 18.4 Å². The van der Waals surface area contributed by atoms with Crippen LogP contribution >= 0.6 is 0 Å². The molecule has 2 rings (SSSR count). The summed E-state index contributed by atoms with van der Waals surface area (Å²) in [5.41, 5.74) is 5.95. The summed E-state index contributed by atoms with van der Waals surface area (Å²) in [5, 5.41) is 3.24. The number of hydrogen-bond acceptors (Lipinski definition) is 4. The quantitative estimate of drug-likeness (QED) is 0.763. The van der Waals surface area contributed by atoms with E-state index in [1.165, 1.54) is 0 Å². The van der Waals surface area contributed by atoms with E-state index in [1.54, 1.807) is 7.11 Å². The summed E-state index contributed by atoms with van der Waals surface area (Å²) < 4.78 is 11.2. The zero-order valence-corrected chi connectivity index (χ0v) is 12.9. The Bertz CT molecular complexity index is 514. The SMILES string of the molecule is CCNC(COc1ccc(C)cc1OC)(C(N)=O)C1CC1. The topological polar surface area (TPSA) is 73.6 Å². The Morgan fingerprint density at radius 2 is 2.14 bits per heavy atom. The van der Waals surface area contributed by atoms with Gasteiger partial charge in [0, 0.05) is 0 Å². The third-order valence-electron chi connectivity index (χ3n) is 3.98. The minimum Gasteiger partial charge on any atom is -0.493 e. The van der Waals surface area contributed by atoms with Crippen molar-refractivity contribution in [1.29, 1.82) is 0 Å². The van der Waals surface area contributed by atoms with Gasteiger partial charge < -0.3 is 20.5 Å². The molecule has 5 nitrogen and oxygen atoms in total. The van der Waals surface area contributed by atoms with Crippen LogP contribution in [0.2, 0.25) is 0 Å². The highest BCUT2D eigenvalue weighted by atomic mass is 16.5. The zero-order chi connectivity index (χ0) is 15.5. The molecular formula is C16H24N2O3. The van der Waals surface area contributed by atoms with Crippen molar-refractivity contribution < 1.29 is 14.3 Å². The van der Waals surface area contributed by atoms with Crippen LogP contribution in [0, 0.1) is 12.8 Å². The van der Waals surface area contributed by atoms with Gasteiger partial charge in [0.15, 0.2) is 11.5 Å². The van der Waals surface area contributed by atoms with Gasteiger partial charge in [-0.25, -0.2) is 0 Å². The summed E-state index contributed by atoms with van der Waals surface area (Å²) in [5.74, 6) is 1.21. The molecule has 1 aliphatic rings. The first-order valence-electron chi connectivity index (χ1n) is 7.36. The van der Waals surface area contributed by atoms with Crippen LogP contribution in [0.1, 0.15) is 25.3 Å². The first-order chi connectivity index (χ1) is 10.0. The lowest BCUT2D eigenvalue weighted by Gasteiger charge is -2.31. The number of methoxy groups -OCH3 is 1. The number of nitrogens with two attached hydrogens (primary N) is 1. The number of carbonyl (C=O) groups is 1. The molecule has 3 N–H and O–H groups in total. The molecule has 1 amide bonds. The number of ether oxygens (including phenoxy) is 2. The number of carbonyl (C=O) groups excluding carboxylic acids is 1. The van der Waals surface area contributed by atoms with E-state index in [0.29, 0.717) is 18.0 Å². The molecule has 1 fully saturated rings. The van der Waals surface area contributed by atoms with Crippen LogP contribution in [0.3, 0.4) is 0 Å². The van der Waals surface area contributed by atoms with Crippen molar-refractivity contribution in [3.63, 3.8) is 0 Å². The summed E-state index contributed by atoms with van der Waals surface area (Å²) in [7, 11) is 1.61. The predicted octanol–water partition coefficient (Wildman–Crippen LogP) is 1.63. The van der Waals surface area contributed by atoms with Gasteiger partial charge in [0.25, 0.3) is 0 Å². The minimum atomic E-state index is -0.787. The number of likely N-dealkylation sites (N-methyl/N-ethyl adjacent to an activating group) is 1. The Kier molecular flexibility index (Phi) is 4.73. The average molecular weight is 292 g/mol. The van der Waals surface area contributed by atoms with Gasteiger partial charge in [-0.05, 0) is 49.9 Å². The molecule has 1 aliphatic carbocycles. The molecule has 1 saturated carbocycles. The molecule has 0 aromatic heterocycles. The van der Waals surface area contributed by atoms with Gasteiger partial charge in [0.1, 0.15) is 12.1 Å². The number of aryl methyl sites for hydroxylation is 1. The monoisotopic (exact) mass is 292 g/mol. The second-order valence-electron chi connectivity index (χ2n) is 5.58. The molecule has 21 heavy (non-hydrogen) atoms. The summed E-state index contributed by atoms with van der Waals surface area (Å²) in [6.45, 7) is 4.85. The highest BCUT2D eigenvalue weighted by molar-refractivity contribution is 5.85. The largest absolute Gasteiger partial charge is 0.493 e. The summed E-state index contributed by atoms with van der Waals surface area (Å²) in [6, 6.07) is 5.72. The van der Waals surface area contributed by atoms with Crippen molar-refractivity contribution in [1.82, 2.24) is 5.32 Å². The fraction of sp³-hybridized carbons (Fsp3) is 0.562. The van der Waals surface area contributed by atoms with Gasteiger partial charge in [-0.3, -0.25) is 4.79 Å². The van der Waals surface area contributed by atoms with Crippen LogP contribution in [-0.4, -0.2) is 31.7 Å². The maximum atomic E-state index is 12.0. The van der Waals surface area contributed by atoms with E-state index >= 15 is 0 Å². The number of benzene rings is 1. The zero-order valence-electron chi connectivity index (χ0n) is 12.9. The molecular weight excluding hydrogens is 268 g/mol. The van der Waals surface area contributed by atoms with E-state index in [1.807, 2.05) is 32.0 Å². The molecule has 0 heterocycles. The van der Waals surface area contributed by atoms with Gasteiger partial charge in [-0.15, -0.1) is 0 Å². The summed E-state index contributed by atoms with van der Waals surface area (Å²) in [4.78, 5) is 12.0. The van der Waals surface area contributed by atoms with Gasteiger partial charge >= 0.3 is 0 Å². The average Bonchev–Trinajstić information content (AvgIpc) is 3.28. The van der Waals surface area contributed by atoms with Crippen LogP contribution in [0.4, 0.5) is 0 Å². The fourth-order valence-corrected chi connectivity index (χ4v) is 2.65. The predicted molar refractivity (Wildman–Crippen MR) is 81.6 cm³/mol. The number of hydrogen-bond donors (Lipinski definition) is 2. The fourth-order valence-electron chi connectivity index (χ4n) is 2.65. The van der Waals surface area contributed by atoms with E-state index in [4.69, 9.17) is 15.2 Å². The highest BCUT2D eigenvalue weighted by Gasteiger charge is 2.50. The van der Waals surface area contributed by atoms with Gasteiger partial charge in [-0.1, -0.05) is 13.0 Å². The molecule has 0 saturated heterocycles. The van der Waals surface area contributed by atoms with Crippen molar-refractivity contribution in [2.75, 3.05) is 20.3 Å². The number of amides is 1. The Labute approximate surface area is 125 Å². The third-order valence-corrected chi connectivity index (χ3v) is 3.98. The maximum absolute atomic E-state index is 12.0. The molecule has 0 aliphatic heterocycles. The van der Waals surface area contributed by atoms with Crippen molar-refractivity contribution >= 4 is 5.91 Å². The Balaban J connectivity index is 2.17. The molecule has 1 unspecified atom stereocenters. The van der Waals surface area contributed by atoms with Crippen molar-refractivity contribution in [2.45, 2.75) is 32.2 Å². The Hall–Kier alpha value is -1.75. The van der Waals surface area contributed by atoms with Crippen molar-refractivity contribution in [2.24, 2.45) is 11.7 Å².